The van der Waals surface area contributed by atoms with Gasteiger partial charge >= 0.3 is 0 Å². The van der Waals surface area contributed by atoms with E-state index in [1.807, 2.05) is 0 Å². The van der Waals surface area contributed by atoms with Gasteiger partial charge in [0.1, 0.15) is 28.0 Å². The molecule has 8 heteroatoms. The minimum Gasteiger partial charge on any atom is -0.497 e. The molecule has 0 spiro atoms. The lowest BCUT2D eigenvalue weighted by Gasteiger charge is -2.19. The van der Waals surface area contributed by atoms with Crippen LogP contribution in [0.15, 0.2) is 53.2 Å². The average molecular weight is 389 g/mol. The molecule has 140 valence electrons. The third-order valence-corrected chi connectivity index (χ3v) is 4.37. The van der Waals surface area contributed by atoms with Crippen molar-refractivity contribution in [3.05, 3.63) is 53.2 Å². The maximum absolute atomic E-state index is 12.9. The van der Waals surface area contributed by atoms with E-state index in [9.17, 15) is 9.59 Å². The summed E-state index contributed by atoms with van der Waals surface area (Å²) in [6.45, 7) is 0. The van der Waals surface area contributed by atoms with Gasteiger partial charge in [-0.2, -0.15) is 0 Å². The van der Waals surface area contributed by atoms with Gasteiger partial charge in [0.15, 0.2) is 0 Å². The van der Waals surface area contributed by atoms with Gasteiger partial charge < -0.3 is 19.5 Å². The van der Waals surface area contributed by atoms with Gasteiger partial charge in [0.2, 0.25) is 0 Å². The predicted molar refractivity (Wildman–Crippen MR) is 102 cm³/mol. The molecule has 1 aliphatic rings. The second kappa shape index (κ2) is 7.59. The van der Waals surface area contributed by atoms with Crippen molar-refractivity contribution in [1.29, 1.82) is 0 Å². The van der Waals surface area contributed by atoms with Gasteiger partial charge in [-0.1, -0.05) is 23.7 Å². The van der Waals surface area contributed by atoms with E-state index in [0.29, 0.717) is 22.9 Å². The number of methoxy groups -OCH3 is 3. The first-order valence-electron chi connectivity index (χ1n) is 7.92. The number of para-hydroxylation sites is 2. The Bertz CT molecular complexity index is 941. The van der Waals surface area contributed by atoms with Crippen molar-refractivity contribution >= 4 is 34.8 Å². The normalized spacial score (nSPS) is 13.9. The zero-order chi connectivity index (χ0) is 19.6. The van der Waals surface area contributed by atoms with E-state index in [0.717, 1.165) is 4.90 Å². The average Bonchev–Trinajstić information content (AvgIpc) is 2.91. The molecule has 0 fully saturated rings. The maximum Gasteiger partial charge on any atom is 0.283 e. The van der Waals surface area contributed by atoms with Gasteiger partial charge in [0.25, 0.3) is 11.8 Å². The lowest BCUT2D eigenvalue weighted by atomic mass is 10.2. The van der Waals surface area contributed by atoms with Crippen LogP contribution in [0, 0.1) is 0 Å². The summed E-state index contributed by atoms with van der Waals surface area (Å²) in [4.78, 5) is 26.5. The van der Waals surface area contributed by atoms with Crippen LogP contribution in [0.3, 0.4) is 0 Å². The molecule has 0 saturated heterocycles. The highest BCUT2D eigenvalue weighted by Crippen LogP contribution is 2.38. The number of carbonyl (C=O) groups is 2. The van der Waals surface area contributed by atoms with Gasteiger partial charge in [-0.05, 0) is 24.3 Å². The number of hydrogen-bond acceptors (Lipinski definition) is 6. The van der Waals surface area contributed by atoms with Gasteiger partial charge in [-0.15, -0.1) is 0 Å². The summed E-state index contributed by atoms with van der Waals surface area (Å²) in [7, 11) is 4.45. The van der Waals surface area contributed by atoms with E-state index >= 15 is 0 Å². The number of nitrogens with zero attached hydrogens (tertiary/aromatic N) is 1. The maximum atomic E-state index is 12.9. The quantitative estimate of drug-likeness (QED) is 0.766. The lowest BCUT2D eigenvalue weighted by Crippen LogP contribution is -2.32. The first-order chi connectivity index (χ1) is 13.0. The number of rotatable bonds is 6. The molecule has 0 saturated carbocycles. The van der Waals surface area contributed by atoms with E-state index in [4.69, 9.17) is 25.8 Å². The summed E-state index contributed by atoms with van der Waals surface area (Å²) in [5, 5.41) is 2.68. The summed E-state index contributed by atoms with van der Waals surface area (Å²) >= 11 is 6.17. The molecular weight excluding hydrogens is 372 g/mol. The molecule has 0 aromatic heterocycles. The minimum absolute atomic E-state index is 0.0379. The van der Waals surface area contributed by atoms with Crippen LogP contribution < -0.4 is 24.4 Å². The predicted octanol–water partition coefficient (Wildman–Crippen LogP) is 3.15. The van der Waals surface area contributed by atoms with Crippen molar-refractivity contribution in [2.45, 2.75) is 0 Å². The van der Waals surface area contributed by atoms with Crippen molar-refractivity contribution in [2.24, 2.45) is 0 Å². The van der Waals surface area contributed by atoms with E-state index in [2.05, 4.69) is 5.32 Å². The number of hydrogen-bond donors (Lipinski definition) is 1. The molecular formula is C19H17ClN2O5. The summed E-state index contributed by atoms with van der Waals surface area (Å²) in [6, 6.07) is 11.8. The van der Waals surface area contributed by atoms with Crippen molar-refractivity contribution in [1.82, 2.24) is 0 Å². The molecule has 1 aliphatic heterocycles. The van der Waals surface area contributed by atoms with Crippen LogP contribution in [0.5, 0.6) is 17.2 Å². The lowest BCUT2D eigenvalue weighted by molar-refractivity contribution is -0.120. The summed E-state index contributed by atoms with van der Waals surface area (Å²) in [6.07, 6.45) is 0. The standard InChI is InChI=1S/C19H17ClN2O5/c1-25-11-8-9-13(15(10-11)27-3)22-18(23)16(20)17(19(22)24)21-12-6-4-5-7-14(12)26-2/h4-10,21H,1-3H3. The SMILES string of the molecule is COc1ccc(N2C(=O)C(Cl)=C(Nc3ccccc3OC)C2=O)c(OC)c1. The topological polar surface area (TPSA) is 77.1 Å². The third-order valence-electron chi connectivity index (χ3n) is 4.02. The zero-order valence-electron chi connectivity index (χ0n) is 14.9. The van der Waals surface area contributed by atoms with Gasteiger partial charge in [0.05, 0.1) is 32.7 Å². The highest BCUT2D eigenvalue weighted by atomic mass is 35.5. The van der Waals surface area contributed by atoms with Gasteiger partial charge in [-0.3, -0.25) is 9.59 Å². The number of anilines is 2. The Morgan fingerprint density at radius 3 is 2.26 bits per heavy atom. The number of imide groups is 1. The fourth-order valence-electron chi connectivity index (χ4n) is 2.68. The van der Waals surface area contributed by atoms with Gasteiger partial charge in [0, 0.05) is 6.07 Å². The third kappa shape index (κ3) is 3.29. The summed E-state index contributed by atoms with van der Waals surface area (Å²) in [5.41, 5.74) is 0.741. The molecule has 2 aromatic carbocycles. The Hall–Kier alpha value is -3.19. The highest BCUT2D eigenvalue weighted by molar-refractivity contribution is 6.53. The molecule has 0 radical (unpaired) electrons. The molecule has 2 aromatic rings. The number of halogens is 1. The first-order valence-corrected chi connectivity index (χ1v) is 8.30. The van der Waals surface area contributed by atoms with Crippen LogP contribution in [0.2, 0.25) is 0 Å². The van der Waals surface area contributed by atoms with Crippen molar-refractivity contribution in [2.75, 3.05) is 31.5 Å². The molecule has 0 atom stereocenters. The Kier molecular flexibility index (Phi) is 5.23. The number of benzene rings is 2. The minimum atomic E-state index is -0.650. The molecule has 0 unspecified atom stereocenters. The Morgan fingerprint density at radius 2 is 1.59 bits per heavy atom. The van der Waals surface area contributed by atoms with Crippen LogP contribution in [-0.4, -0.2) is 33.1 Å². The number of amides is 2. The van der Waals surface area contributed by atoms with E-state index in [1.54, 1.807) is 42.5 Å². The fraction of sp³-hybridized carbons (Fsp3) is 0.158. The number of ether oxygens (including phenoxy) is 3. The van der Waals surface area contributed by atoms with Crippen molar-refractivity contribution in [3.63, 3.8) is 0 Å². The van der Waals surface area contributed by atoms with E-state index in [-0.39, 0.29) is 16.4 Å². The second-order valence-corrected chi connectivity index (χ2v) is 5.88. The molecule has 3 rings (SSSR count). The largest absolute Gasteiger partial charge is 0.497 e. The Balaban J connectivity index is 1.97. The zero-order valence-corrected chi connectivity index (χ0v) is 15.7. The van der Waals surface area contributed by atoms with Crippen LogP contribution in [-0.2, 0) is 9.59 Å². The van der Waals surface area contributed by atoms with Crippen LogP contribution in [0.4, 0.5) is 11.4 Å². The van der Waals surface area contributed by atoms with Crippen molar-refractivity contribution < 1.29 is 23.8 Å². The Labute approximate surface area is 161 Å². The summed E-state index contributed by atoms with van der Waals surface area (Å²) in [5.74, 6) is 0.0947. The molecule has 27 heavy (non-hydrogen) atoms. The van der Waals surface area contributed by atoms with E-state index in [1.165, 1.54) is 21.3 Å². The number of carbonyl (C=O) groups excluding carboxylic acids is 2. The van der Waals surface area contributed by atoms with Crippen LogP contribution in [0.25, 0.3) is 0 Å². The molecule has 7 nitrogen and oxygen atoms in total. The molecule has 2 amide bonds. The molecule has 0 aliphatic carbocycles. The highest BCUT2D eigenvalue weighted by Gasteiger charge is 2.40. The van der Waals surface area contributed by atoms with Crippen LogP contribution in [0.1, 0.15) is 0 Å². The second-order valence-electron chi connectivity index (χ2n) is 5.50. The molecule has 1 N–H and O–H groups in total. The fourth-order valence-corrected chi connectivity index (χ4v) is 2.89. The van der Waals surface area contributed by atoms with E-state index < -0.39 is 11.8 Å². The first kappa shape index (κ1) is 18.6. The molecule has 0 bridgehead atoms. The van der Waals surface area contributed by atoms with Crippen molar-refractivity contribution in [3.8, 4) is 17.2 Å². The Morgan fingerprint density at radius 1 is 0.889 bits per heavy atom. The number of nitrogens with one attached hydrogen (secondary N) is 1. The monoisotopic (exact) mass is 388 g/mol. The molecule has 1 heterocycles. The van der Waals surface area contributed by atoms with Crippen LogP contribution >= 0.6 is 11.6 Å². The smallest absolute Gasteiger partial charge is 0.283 e. The van der Waals surface area contributed by atoms with Gasteiger partial charge in [-0.25, -0.2) is 4.90 Å². The summed E-state index contributed by atoms with van der Waals surface area (Å²) < 4.78 is 15.7.